The van der Waals surface area contributed by atoms with E-state index in [4.69, 9.17) is 4.74 Å². The molecule has 6 rings (SSSR count). The number of benzene rings is 3. The minimum absolute atomic E-state index is 0.0106. The molecule has 0 spiro atoms. The number of aromatic nitrogens is 4. The number of pyridine rings is 1. The van der Waals surface area contributed by atoms with Crippen molar-refractivity contribution in [2.75, 3.05) is 31.2 Å². The maximum atomic E-state index is 12.9. The first-order valence-corrected chi connectivity index (χ1v) is 10.7. The maximum absolute atomic E-state index is 12.9. The predicted molar refractivity (Wildman–Crippen MR) is 125 cm³/mol. The van der Waals surface area contributed by atoms with Crippen molar-refractivity contribution >= 4 is 27.5 Å². The first-order chi connectivity index (χ1) is 15.8. The summed E-state index contributed by atoms with van der Waals surface area (Å²) in [5.41, 5.74) is 3.28. The summed E-state index contributed by atoms with van der Waals surface area (Å²) in [7, 11) is 0. The van der Waals surface area contributed by atoms with Crippen molar-refractivity contribution in [3.8, 4) is 16.9 Å². The average molecular weight is 423 g/mol. The Morgan fingerprint density at radius 2 is 1.69 bits per heavy atom. The molecule has 0 atom stereocenters. The van der Waals surface area contributed by atoms with Crippen LogP contribution in [0.1, 0.15) is 0 Å². The second-order valence-electron chi connectivity index (χ2n) is 7.89. The standard InChI is InChI=1S/C25H21N5O2/c31-23-15-24(29-11-13-32-14-12-29)26-25-19(8-4-9-20(23)25)21-16-30(28-27-21)22-10-3-6-17-5-1-2-7-18(17)22/h1-10,15-16H,11-14H2,(H,26,31). The van der Waals surface area contributed by atoms with Gasteiger partial charge in [-0.05, 0) is 17.5 Å². The number of rotatable bonds is 3. The van der Waals surface area contributed by atoms with Crippen LogP contribution in [0.2, 0.25) is 0 Å². The fraction of sp³-hybridized carbons (Fsp3) is 0.160. The lowest BCUT2D eigenvalue weighted by Crippen LogP contribution is -2.37. The highest BCUT2D eigenvalue weighted by atomic mass is 16.5. The van der Waals surface area contributed by atoms with Gasteiger partial charge >= 0.3 is 0 Å². The second kappa shape index (κ2) is 7.62. The van der Waals surface area contributed by atoms with E-state index in [0.717, 1.165) is 46.4 Å². The van der Waals surface area contributed by atoms with Crippen LogP contribution in [0.5, 0.6) is 0 Å². The van der Waals surface area contributed by atoms with Gasteiger partial charge in [0.05, 0.1) is 30.6 Å². The molecule has 0 unspecified atom stereocenters. The fourth-order valence-electron chi connectivity index (χ4n) is 4.36. The van der Waals surface area contributed by atoms with Crippen LogP contribution in [-0.4, -0.2) is 46.3 Å². The minimum atomic E-state index is -0.0106. The van der Waals surface area contributed by atoms with Gasteiger partial charge in [0.2, 0.25) is 0 Å². The molecule has 0 bridgehead atoms. The summed E-state index contributed by atoms with van der Waals surface area (Å²) < 4.78 is 7.24. The van der Waals surface area contributed by atoms with Crippen LogP contribution in [-0.2, 0) is 4.74 Å². The Kier molecular flexibility index (Phi) is 4.47. The quantitative estimate of drug-likeness (QED) is 0.478. The lowest BCUT2D eigenvalue weighted by molar-refractivity contribution is 0.122. The molecule has 3 heterocycles. The Labute approximate surface area is 183 Å². The first-order valence-electron chi connectivity index (χ1n) is 10.7. The van der Waals surface area contributed by atoms with Gasteiger partial charge in [-0.15, -0.1) is 5.10 Å². The molecule has 0 amide bonds. The molecule has 3 aromatic carbocycles. The Morgan fingerprint density at radius 1 is 0.906 bits per heavy atom. The van der Waals surface area contributed by atoms with E-state index < -0.39 is 0 Å². The molecule has 2 aromatic heterocycles. The summed E-state index contributed by atoms with van der Waals surface area (Å²) in [6, 6.07) is 21.7. The van der Waals surface area contributed by atoms with Crippen molar-refractivity contribution in [3.63, 3.8) is 0 Å². The Bertz CT molecular complexity index is 1490. The fourth-order valence-corrected chi connectivity index (χ4v) is 4.36. The third kappa shape index (κ3) is 3.14. The predicted octanol–water partition coefficient (Wildman–Crippen LogP) is 3.77. The molecule has 0 saturated carbocycles. The van der Waals surface area contributed by atoms with E-state index in [1.54, 1.807) is 10.7 Å². The van der Waals surface area contributed by atoms with Gasteiger partial charge < -0.3 is 14.6 Å². The largest absolute Gasteiger partial charge is 0.378 e. The summed E-state index contributed by atoms with van der Waals surface area (Å²) in [6.45, 7) is 2.81. The summed E-state index contributed by atoms with van der Waals surface area (Å²) in [5.74, 6) is 0.805. The van der Waals surface area contributed by atoms with E-state index >= 15 is 0 Å². The van der Waals surface area contributed by atoms with Crippen molar-refractivity contribution in [2.45, 2.75) is 0 Å². The first kappa shape index (κ1) is 18.8. The van der Waals surface area contributed by atoms with Crippen LogP contribution in [0.25, 0.3) is 38.6 Å². The zero-order valence-electron chi connectivity index (χ0n) is 17.4. The van der Waals surface area contributed by atoms with E-state index in [9.17, 15) is 4.79 Å². The van der Waals surface area contributed by atoms with Crippen LogP contribution in [0.15, 0.2) is 77.7 Å². The van der Waals surface area contributed by atoms with Crippen LogP contribution in [0, 0.1) is 0 Å². The summed E-state index contributed by atoms with van der Waals surface area (Å²) in [4.78, 5) is 18.5. The summed E-state index contributed by atoms with van der Waals surface area (Å²) in [6.07, 6.45) is 1.91. The van der Waals surface area contributed by atoms with E-state index in [1.807, 2.05) is 48.7 Å². The number of hydrogen-bond donors (Lipinski definition) is 1. The van der Waals surface area contributed by atoms with Gasteiger partial charge in [-0.3, -0.25) is 4.79 Å². The molecular formula is C25H21N5O2. The van der Waals surface area contributed by atoms with E-state index in [1.165, 1.54) is 0 Å². The number of H-pyrrole nitrogens is 1. The molecule has 7 heteroatoms. The monoisotopic (exact) mass is 423 g/mol. The van der Waals surface area contributed by atoms with Gasteiger partial charge in [0.25, 0.3) is 0 Å². The van der Waals surface area contributed by atoms with Gasteiger partial charge in [-0.25, -0.2) is 4.68 Å². The number of para-hydroxylation sites is 1. The zero-order chi connectivity index (χ0) is 21.5. The van der Waals surface area contributed by atoms with Crippen molar-refractivity contribution < 1.29 is 4.74 Å². The number of anilines is 1. The molecule has 1 aliphatic rings. The van der Waals surface area contributed by atoms with Gasteiger partial charge in [-0.1, -0.05) is 53.7 Å². The molecule has 158 valence electrons. The Morgan fingerprint density at radius 3 is 2.59 bits per heavy atom. The maximum Gasteiger partial charge on any atom is 0.191 e. The molecule has 7 nitrogen and oxygen atoms in total. The number of aromatic amines is 1. The highest BCUT2D eigenvalue weighted by Gasteiger charge is 2.16. The highest BCUT2D eigenvalue weighted by molar-refractivity contribution is 5.94. The molecule has 5 aromatic rings. The summed E-state index contributed by atoms with van der Waals surface area (Å²) in [5, 5.41) is 11.7. The molecule has 0 radical (unpaired) electrons. The Hall–Kier alpha value is -3.97. The van der Waals surface area contributed by atoms with Crippen molar-refractivity contribution in [1.82, 2.24) is 20.0 Å². The molecule has 1 aliphatic heterocycles. The molecule has 1 fully saturated rings. The number of nitrogens with one attached hydrogen (secondary N) is 1. The molecule has 1 N–H and O–H groups in total. The summed E-state index contributed by atoms with van der Waals surface area (Å²) >= 11 is 0. The topological polar surface area (TPSA) is 76.0 Å². The lowest BCUT2D eigenvalue weighted by Gasteiger charge is -2.28. The van der Waals surface area contributed by atoms with E-state index in [-0.39, 0.29) is 5.43 Å². The molecular weight excluding hydrogens is 402 g/mol. The van der Waals surface area contributed by atoms with Crippen molar-refractivity contribution in [1.29, 1.82) is 0 Å². The van der Waals surface area contributed by atoms with Crippen LogP contribution < -0.4 is 10.3 Å². The van der Waals surface area contributed by atoms with Crippen LogP contribution >= 0.6 is 0 Å². The van der Waals surface area contributed by atoms with Gasteiger partial charge in [-0.2, -0.15) is 0 Å². The smallest absolute Gasteiger partial charge is 0.191 e. The van der Waals surface area contributed by atoms with E-state index in [2.05, 4.69) is 38.4 Å². The Balaban J connectivity index is 1.48. The van der Waals surface area contributed by atoms with Crippen LogP contribution in [0.4, 0.5) is 5.82 Å². The van der Waals surface area contributed by atoms with Crippen molar-refractivity contribution in [2.24, 2.45) is 0 Å². The van der Waals surface area contributed by atoms with Gasteiger partial charge in [0, 0.05) is 35.5 Å². The number of fused-ring (bicyclic) bond motifs is 2. The van der Waals surface area contributed by atoms with Crippen LogP contribution in [0.3, 0.4) is 0 Å². The SMILES string of the molecule is O=c1cc(N2CCOCC2)[nH]c2c(-c3cn(-c4cccc5ccccc45)nn3)cccc12. The third-order valence-corrected chi connectivity index (χ3v) is 5.99. The van der Waals surface area contributed by atoms with Gasteiger partial charge in [0.15, 0.2) is 5.43 Å². The zero-order valence-corrected chi connectivity index (χ0v) is 17.4. The van der Waals surface area contributed by atoms with Gasteiger partial charge in [0.1, 0.15) is 11.5 Å². The number of ether oxygens (including phenoxy) is 1. The van der Waals surface area contributed by atoms with E-state index in [0.29, 0.717) is 24.3 Å². The molecule has 1 saturated heterocycles. The van der Waals surface area contributed by atoms with Crippen molar-refractivity contribution in [3.05, 3.63) is 83.2 Å². The lowest BCUT2D eigenvalue weighted by atomic mass is 10.1. The number of morpholine rings is 1. The number of hydrogen-bond acceptors (Lipinski definition) is 5. The molecule has 32 heavy (non-hydrogen) atoms. The minimum Gasteiger partial charge on any atom is -0.378 e. The molecule has 0 aliphatic carbocycles. The third-order valence-electron chi connectivity index (χ3n) is 5.99. The second-order valence-corrected chi connectivity index (χ2v) is 7.89. The number of nitrogens with zero attached hydrogens (tertiary/aromatic N) is 4. The highest BCUT2D eigenvalue weighted by Crippen LogP contribution is 2.28. The normalized spacial score (nSPS) is 14.3. The average Bonchev–Trinajstić information content (AvgIpc) is 3.34.